The predicted octanol–water partition coefficient (Wildman–Crippen LogP) is 3.94. The summed E-state index contributed by atoms with van der Waals surface area (Å²) in [5, 5.41) is 0. The summed E-state index contributed by atoms with van der Waals surface area (Å²) in [6, 6.07) is 17.8. The summed E-state index contributed by atoms with van der Waals surface area (Å²) in [5.74, 6) is -0.206. The second kappa shape index (κ2) is 8.65. The normalized spacial score (nSPS) is 16.0. The fourth-order valence-electron chi connectivity index (χ4n) is 3.83. The molecule has 0 bridgehead atoms. The zero-order valence-corrected chi connectivity index (χ0v) is 15.0. The molecule has 0 spiro atoms. The van der Waals surface area contributed by atoms with E-state index in [0.29, 0.717) is 18.0 Å². The first-order valence-electron chi connectivity index (χ1n) is 9.37. The summed E-state index contributed by atoms with van der Waals surface area (Å²) in [5.41, 5.74) is 7.11. The lowest BCUT2D eigenvalue weighted by Crippen LogP contribution is -2.44. The second-order valence-corrected chi connectivity index (χ2v) is 7.04. The van der Waals surface area contributed by atoms with E-state index in [1.54, 1.807) is 17.0 Å². The van der Waals surface area contributed by atoms with Crippen LogP contribution in [-0.2, 0) is 4.79 Å². The molecule has 0 radical (unpaired) electrons. The first-order valence-corrected chi connectivity index (χ1v) is 9.37. The molecule has 1 unspecified atom stereocenters. The van der Waals surface area contributed by atoms with Crippen LogP contribution in [0.2, 0.25) is 0 Å². The van der Waals surface area contributed by atoms with Gasteiger partial charge in [-0.1, -0.05) is 67.8 Å². The monoisotopic (exact) mass is 350 g/mol. The molecular formula is C22H26N2O2. The summed E-state index contributed by atoms with van der Waals surface area (Å²) < 4.78 is 0. The van der Waals surface area contributed by atoms with Crippen molar-refractivity contribution in [1.29, 1.82) is 0 Å². The van der Waals surface area contributed by atoms with E-state index in [-0.39, 0.29) is 5.91 Å². The van der Waals surface area contributed by atoms with Crippen molar-refractivity contribution in [3.63, 3.8) is 0 Å². The van der Waals surface area contributed by atoms with Gasteiger partial charge in [-0.05, 0) is 36.5 Å². The molecule has 136 valence electrons. The first-order chi connectivity index (χ1) is 12.7. The van der Waals surface area contributed by atoms with Crippen molar-refractivity contribution in [2.24, 2.45) is 11.7 Å². The zero-order chi connectivity index (χ0) is 18.4. The molecule has 1 aliphatic rings. The Kier molecular flexibility index (Phi) is 6.05. The average Bonchev–Trinajstić information content (AvgIpc) is 2.69. The Morgan fingerprint density at radius 1 is 0.923 bits per heavy atom. The lowest BCUT2D eigenvalue weighted by molar-refractivity contribution is -0.123. The van der Waals surface area contributed by atoms with Gasteiger partial charge in [-0.25, -0.2) is 0 Å². The van der Waals surface area contributed by atoms with Crippen LogP contribution in [0.3, 0.4) is 0 Å². The van der Waals surface area contributed by atoms with Crippen LogP contribution < -0.4 is 5.73 Å². The van der Waals surface area contributed by atoms with E-state index in [2.05, 4.69) is 0 Å². The molecule has 2 aromatic rings. The van der Waals surface area contributed by atoms with Crippen LogP contribution in [0.1, 0.15) is 54.1 Å². The third-order valence-electron chi connectivity index (χ3n) is 5.16. The molecule has 0 aliphatic heterocycles. The molecule has 0 saturated heterocycles. The molecule has 3 rings (SSSR count). The van der Waals surface area contributed by atoms with Gasteiger partial charge in [0.05, 0.1) is 0 Å². The quantitative estimate of drug-likeness (QED) is 0.858. The maximum absolute atomic E-state index is 13.3. The number of hydrogen-bond donors (Lipinski definition) is 1. The third-order valence-corrected chi connectivity index (χ3v) is 5.16. The summed E-state index contributed by atoms with van der Waals surface area (Å²) in [4.78, 5) is 27.3. The van der Waals surface area contributed by atoms with E-state index in [0.717, 1.165) is 18.4 Å². The highest BCUT2D eigenvalue weighted by molar-refractivity contribution is 5.97. The molecular weight excluding hydrogens is 324 g/mol. The molecule has 2 N–H and O–H groups in total. The molecule has 0 heterocycles. The van der Waals surface area contributed by atoms with Crippen molar-refractivity contribution < 1.29 is 9.59 Å². The van der Waals surface area contributed by atoms with Gasteiger partial charge in [-0.2, -0.15) is 0 Å². The smallest absolute Gasteiger partial charge is 0.254 e. The Morgan fingerprint density at radius 3 is 2.08 bits per heavy atom. The Morgan fingerprint density at radius 2 is 1.50 bits per heavy atom. The zero-order valence-electron chi connectivity index (χ0n) is 15.0. The molecule has 2 amide bonds. The van der Waals surface area contributed by atoms with Gasteiger partial charge >= 0.3 is 0 Å². The summed E-state index contributed by atoms with van der Waals surface area (Å²) in [7, 11) is 0. The highest BCUT2D eigenvalue weighted by Crippen LogP contribution is 2.29. The van der Waals surface area contributed by atoms with Gasteiger partial charge in [0.1, 0.15) is 6.04 Å². The first kappa shape index (κ1) is 18.2. The fraction of sp³-hybridized carbons (Fsp3) is 0.364. The SMILES string of the molecule is NC(=O)C(c1ccccc1)N(CC1CCCCC1)C(=O)c1ccccc1. The predicted molar refractivity (Wildman–Crippen MR) is 102 cm³/mol. The Bertz CT molecular complexity index is 724. The van der Waals surface area contributed by atoms with E-state index in [4.69, 9.17) is 5.73 Å². The van der Waals surface area contributed by atoms with Crippen LogP contribution in [0.4, 0.5) is 0 Å². The lowest BCUT2D eigenvalue weighted by Gasteiger charge is -2.34. The Labute approximate surface area is 155 Å². The minimum atomic E-state index is -0.745. The minimum Gasteiger partial charge on any atom is -0.368 e. The average molecular weight is 350 g/mol. The number of benzene rings is 2. The number of nitrogens with two attached hydrogens (primary N) is 1. The lowest BCUT2D eigenvalue weighted by atomic mass is 9.88. The van der Waals surface area contributed by atoms with Crippen molar-refractivity contribution in [1.82, 2.24) is 4.90 Å². The molecule has 26 heavy (non-hydrogen) atoms. The number of hydrogen-bond acceptors (Lipinski definition) is 2. The van der Waals surface area contributed by atoms with Gasteiger partial charge < -0.3 is 10.6 Å². The number of carbonyl (C=O) groups is 2. The fourth-order valence-corrected chi connectivity index (χ4v) is 3.83. The summed E-state index contributed by atoms with van der Waals surface area (Å²) >= 11 is 0. The van der Waals surface area contributed by atoms with Gasteiger partial charge in [-0.15, -0.1) is 0 Å². The number of carbonyl (C=O) groups excluding carboxylic acids is 2. The van der Waals surface area contributed by atoms with Crippen LogP contribution in [0.15, 0.2) is 60.7 Å². The molecule has 0 aromatic heterocycles. The molecule has 4 nitrogen and oxygen atoms in total. The topological polar surface area (TPSA) is 63.4 Å². The van der Waals surface area contributed by atoms with Gasteiger partial charge in [0, 0.05) is 12.1 Å². The number of primary amides is 1. The highest BCUT2D eigenvalue weighted by Gasteiger charge is 2.32. The van der Waals surface area contributed by atoms with Gasteiger partial charge in [-0.3, -0.25) is 9.59 Å². The van der Waals surface area contributed by atoms with Crippen LogP contribution in [-0.4, -0.2) is 23.3 Å². The maximum Gasteiger partial charge on any atom is 0.254 e. The second-order valence-electron chi connectivity index (χ2n) is 7.04. The van der Waals surface area contributed by atoms with E-state index >= 15 is 0 Å². The van der Waals surface area contributed by atoms with Crippen LogP contribution in [0.25, 0.3) is 0 Å². The Hall–Kier alpha value is -2.62. The van der Waals surface area contributed by atoms with Crippen LogP contribution in [0.5, 0.6) is 0 Å². The molecule has 1 atom stereocenters. The largest absolute Gasteiger partial charge is 0.368 e. The summed E-state index contributed by atoms with van der Waals surface area (Å²) in [6.07, 6.45) is 5.81. The van der Waals surface area contributed by atoms with Gasteiger partial charge in [0.25, 0.3) is 5.91 Å². The molecule has 1 saturated carbocycles. The van der Waals surface area contributed by atoms with E-state index in [1.165, 1.54) is 19.3 Å². The van der Waals surface area contributed by atoms with Crippen molar-refractivity contribution in [3.8, 4) is 0 Å². The third kappa shape index (κ3) is 4.31. The van der Waals surface area contributed by atoms with Crippen molar-refractivity contribution in [3.05, 3.63) is 71.8 Å². The van der Waals surface area contributed by atoms with E-state index in [1.807, 2.05) is 48.5 Å². The van der Waals surface area contributed by atoms with Crippen molar-refractivity contribution in [2.45, 2.75) is 38.1 Å². The van der Waals surface area contributed by atoms with Gasteiger partial charge in [0.2, 0.25) is 5.91 Å². The van der Waals surface area contributed by atoms with E-state index < -0.39 is 11.9 Å². The molecule has 4 heteroatoms. The van der Waals surface area contributed by atoms with Crippen LogP contribution >= 0.6 is 0 Å². The number of nitrogens with zero attached hydrogens (tertiary/aromatic N) is 1. The van der Waals surface area contributed by atoms with Crippen LogP contribution in [0, 0.1) is 5.92 Å². The molecule has 1 aliphatic carbocycles. The maximum atomic E-state index is 13.3. The highest BCUT2D eigenvalue weighted by atomic mass is 16.2. The van der Waals surface area contributed by atoms with E-state index in [9.17, 15) is 9.59 Å². The Balaban J connectivity index is 1.94. The number of rotatable bonds is 6. The number of amides is 2. The minimum absolute atomic E-state index is 0.135. The molecule has 1 fully saturated rings. The van der Waals surface area contributed by atoms with Gasteiger partial charge in [0.15, 0.2) is 0 Å². The standard InChI is InChI=1S/C22H26N2O2/c23-21(25)20(18-12-6-2-7-13-18)24(16-17-10-4-1-5-11-17)22(26)19-14-8-3-9-15-19/h2-3,6-9,12-15,17,20H,1,4-5,10-11,16H2,(H2,23,25). The van der Waals surface area contributed by atoms with Crippen molar-refractivity contribution in [2.75, 3.05) is 6.54 Å². The molecule has 2 aromatic carbocycles. The van der Waals surface area contributed by atoms with Crippen molar-refractivity contribution >= 4 is 11.8 Å². The summed E-state index contributed by atoms with van der Waals surface area (Å²) in [6.45, 7) is 0.566.